The van der Waals surface area contributed by atoms with Crippen LogP contribution in [0.1, 0.15) is 41.5 Å². The largest absolute Gasteiger partial charge is 0.342 e. The predicted octanol–water partition coefficient (Wildman–Crippen LogP) is 5.13. The highest BCUT2D eigenvalue weighted by molar-refractivity contribution is 7.90. The van der Waals surface area contributed by atoms with Gasteiger partial charge in [-0.05, 0) is 54.4 Å². The van der Waals surface area contributed by atoms with Crippen molar-refractivity contribution in [3.05, 3.63) is 89.7 Å². The summed E-state index contributed by atoms with van der Waals surface area (Å²) in [7, 11) is -3.49. The summed E-state index contributed by atoms with van der Waals surface area (Å²) in [5.74, 6) is 0.477. The third-order valence-corrected chi connectivity index (χ3v) is 6.91. The van der Waals surface area contributed by atoms with Crippen LogP contribution in [0.5, 0.6) is 0 Å². The van der Waals surface area contributed by atoms with E-state index in [-0.39, 0.29) is 16.6 Å². The molecule has 0 radical (unpaired) electrons. The first kappa shape index (κ1) is 21.8. The molecule has 164 valence electrons. The van der Waals surface area contributed by atoms with E-state index >= 15 is 0 Å². The van der Waals surface area contributed by atoms with Crippen LogP contribution in [0.3, 0.4) is 0 Å². The predicted molar refractivity (Wildman–Crippen MR) is 126 cm³/mol. The number of rotatable bonds is 8. The van der Waals surface area contributed by atoms with Gasteiger partial charge in [-0.3, -0.25) is 4.79 Å². The Morgan fingerprint density at radius 1 is 1.00 bits per heavy atom. The number of carbonyl (C=O) groups is 1. The van der Waals surface area contributed by atoms with Crippen LogP contribution in [-0.4, -0.2) is 24.3 Å². The molecular formula is C25H25N3O3S. The minimum atomic E-state index is -3.49. The third-order valence-electron chi connectivity index (χ3n) is 5.20. The van der Waals surface area contributed by atoms with Crippen LogP contribution < -0.4 is 5.32 Å². The molecule has 7 heteroatoms. The summed E-state index contributed by atoms with van der Waals surface area (Å²) in [5.41, 5.74) is 3.35. The number of anilines is 1. The minimum Gasteiger partial charge on any atom is -0.342 e. The fourth-order valence-corrected chi connectivity index (χ4v) is 4.90. The molecule has 0 bridgehead atoms. The van der Waals surface area contributed by atoms with Crippen LogP contribution in [-0.2, 0) is 22.0 Å². The summed E-state index contributed by atoms with van der Waals surface area (Å²) in [6, 6.07) is 20.6. The first-order valence-corrected chi connectivity index (χ1v) is 12.3. The lowest BCUT2D eigenvalue weighted by Crippen LogP contribution is -2.13. The van der Waals surface area contributed by atoms with Gasteiger partial charge in [0.1, 0.15) is 5.82 Å². The maximum Gasteiger partial charge on any atom is 0.255 e. The molecule has 0 aliphatic carbocycles. The van der Waals surface area contributed by atoms with Crippen molar-refractivity contribution < 1.29 is 13.2 Å². The molecular weight excluding hydrogens is 422 g/mol. The van der Waals surface area contributed by atoms with Crippen LogP contribution in [0.15, 0.2) is 77.7 Å². The number of unbranched alkanes of at least 4 members (excludes halogenated alkanes) is 1. The number of imidazole rings is 1. The highest BCUT2D eigenvalue weighted by Crippen LogP contribution is 2.20. The lowest BCUT2D eigenvalue weighted by molar-refractivity contribution is 0.102. The molecule has 0 saturated heterocycles. The molecule has 4 aromatic rings. The number of nitrogens with one attached hydrogen (secondary N) is 2. The lowest BCUT2D eigenvalue weighted by atomic mass is 10.1. The highest BCUT2D eigenvalue weighted by atomic mass is 32.2. The third kappa shape index (κ3) is 5.06. The Labute approximate surface area is 187 Å². The van der Waals surface area contributed by atoms with Crippen LogP contribution in [0.25, 0.3) is 11.0 Å². The standard InChI is InChI=1S/C25H25N3O3S/c1-2-3-12-24-27-22-14-13-20(16-23(22)28-24)26-25(29)19-9-7-8-18(15-19)17-32(30,31)21-10-5-4-6-11-21/h4-11,13-16H,2-3,12,17H2,1H3,(H,26,29)(H,27,28). The Bertz CT molecular complexity index is 1350. The molecule has 4 rings (SSSR count). The Morgan fingerprint density at radius 2 is 1.81 bits per heavy atom. The van der Waals surface area contributed by atoms with Crippen LogP contribution in [0.2, 0.25) is 0 Å². The Balaban J connectivity index is 1.49. The SMILES string of the molecule is CCCCc1nc2ccc(NC(=O)c3cccc(CS(=O)(=O)c4ccccc4)c3)cc2[nH]1. The van der Waals surface area contributed by atoms with Gasteiger partial charge >= 0.3 is 0 Å². The van der Waals surface area contributed by atoms with Crippen molar-refractivity contribution in [2.75, 3.05) is 5.32 Å². The number of amides is 1. The Kier molecular flexibility index (Phi) is 6.37. The van der Waals surface area contributed by atoms with Crippen molar-refractivity contribution in [3.63, 3.8) is 0 Å². The van der Waals surface area contributed by atoms with Gasteiger partial charge in [-0.2, -0.15) is 0 Å². The minimum absolute atomic E-state index is 0.168. The summed E-state index contributed by atoms with van der Waals surface area (Å²) >= 11 is 0. The van der Waals surface area contributed by atoms with E-state index in [0.717, 1.165) is 36.1 Å². The van der Waals surface area contributed by atoms with Gasteiger partial charge < -0.3 is 10.3 Å². The molecule has 0 fully saturated rings. The number of sulfone groups is 1. The number of hydrogen-bond donors (Lipinski definition) is 2. The van der Waals surface area contributed by atoms with E-state index in [4.69, 9.17) is 0 Å². The Morgan fingerprint density at radius 3 is 2.59 bits per heavy atom. The zero-order chi connectivity index (χ0) is 22.6. The van der Waals surface area contributed by atoms with E-state index in [9.17, 15) is 13.2 Å². The number of aromatic nitrogens is 2. The molecule has 1 heterocycles. The number of fused-ring (bicyclic) bond motifs is 1. The normalized spacial score (nSPS) is 11.5. The second-order valence-corrected chi connectivity index (χ2v) is 9.74. The molecule has 0 saturated carbocycles. The first-order chi connectivity index (χ1) is 15.4. The highest BCUT2D eigenvalue weighted by Gasteiger charge is 2.16. The molecule has 0 unspecified atom stereocenters. The van der Waals surface area contributed by atoms with Gasteiger partial charge in [-0.1, -0.05) is 43.7 Å². The van der Waals surface area contributed by atoms with Crippen LogP contribution >= 0.6 is 0 Å². The van der Waals surface area contributed by atoms with Gasteiger partial charge in [0, 0.05) is 17.7 Å². The molecule has 1 aromatic heterocycles. The first-order valence-electron chi connectivity index (χ1n) is 10.6. The molecule has 1 amide bonds. The molecule has 2 N–H and O–H groups in total. The van der Waals surface area contributed by atoms with E-state index in [1.165, 1.54) is 0 Å². The number of aromatic amines is 1. The molecule has 0 spiro atoms. The quantitative estimate of drug-likeness (QED) is 0.392. The number of aryl methyl sites for hydroxylation is 1. The second-order valence-electron chi connectivity index (χ2n) is 7.75. The van der Waals surface area contributed by atoms with Crippen molar-refractivity contribution in [1.82, 2.24) is 9.97 Å². The fraction of sp³-hybridized carbons (Fsp3) is 0.200. The molecule has 0 atom stereocenters. The monoisotopic (exact) mass is 447 g/mol. The van der Waals surface area contributed by atoms with Crippen LogP contribution in [0.4, 0.5) is 5.69 Å². The van der Waals surface area contributed by atoms with Gasteiger partial charge in [-0.15, -0.1) is 0 Å². The summed E-state index contributed by atoms with van der Waals surface area (Å²) in [5, 5.41) is 2.89. The van der Waals surface area contributed by atoms with E-state index in [1.54, 1.807) is 54.6 Å². The van der Waals surface area contributed by atoms with E-state index in [1.807, 2.05) is 18.2 Å². The van der Waals surface area contributed by atoms with Gasteiger partial charge in [0.05, 0.1) is 21.7 Å². The van der Waals surface area contributed by atoms with Crippen LogP contribution in [0, 0.1) is 0 Å². The fourth-order valence-electron chi connectivity index (χ4n) is 3.54. The molecule has 0 aliphatic rings. The molecule has 0 aliphatic heterocycles. The van der Waals surface area contributed by atoms with Gasteiger partial charge in [0.15, 0.2) is 9.84 Å². The average Bonchev–Trinajstić information content (AvgIpc) is 3.20. The van der Waals surface area contributed by atoms with Gasteiger partial charge in [-0.25, -0.2) is 13.4 Å². The topological polar surface area (TPSA) is 91.9 Å². The summed E-state index contributed by atoms with van der Waals surface area (Å²) in [6.07, 6.45) is 3.06. The summed E-state index contributed by atoms with van der Waals surface area (Å²) in [6.45, 7) is 2.14. The smallest absolute Gasteiger partial charge is 0.255 e. The maximum atomic E-state index is 12.8. The van der Waals surface area contributed by atoms with Gasteiger partial charge in [0.2, 0.25) is 0 Å². The molecule has 3 aromatic carbocycles. The number of carbonyl (C=O) groups excluding carboxylic acids is 1. The van der Waals surface area contributed by atoms with E-state index < -0.39 is 9.84 Å². The second kappa shape index (κ2) is 9.36. The van der Waals surface area contributed by atoms with Crippen molar-refractivity contribution in [2.45, 2.75) is 36.8 Å². The maximum absolute atomic E-state index is 12.8. The lowest BCUT2D eigenvalue weighted by Gasteiger charge is -2.08. The summed E-state index contributed by atoms with van der Waals surface area (Å²) < 4.78 is 25.3. The number of nitrogens with zero attached hydrogens (tertiary/aromatic N) is 1. The number of hydrogen-bond acceptors (Lipinski definition) is 4. The van der Waals surface area contributed by atoms with Gasteiger partial charge in [0.25, 0.3) is 5.91 Å². The molecule has 32 heavy (non-hydrogen) atoms. The zero-order valence-electron chi connectivity index (χ0n) is 17.8. The Hall–Kier alpha value is -3.45. The van der Waals surface area contributed by atoms with Crippen molar-refractivity contribution >= 4 is 32.5 Å². The molecule has 6 nitrogen and oxygen atoms in total. The van der Waals surface area contributed by atoms with Crippen molar-refractivity contribution in [2.24, 2.45) is 0 Å². The van der Waals surface area contributed by atoms with Crippen molar-refractivity contribution in [1.29, 1.82) is 0 Å². The van der Waals surface area contributed by atoms with E-state index in [2.05, 4.69) is 22.2 Å². The van der Waals surface area contributed by atoms with Crippen molar-refractivity contribution in [3.8, 4) is 0 Å². The average molecular weight is 448 g/mol. The number of H-pyrrole nitrogens is 1. The number of benzene rings is 3. The zero-order valence-corrected chi connectivity index (χ0v) is 18.7. The summed E-state index contributed by atoms with van der Waals surface area (Å²) in [4.78, 5) is 20.9. The van der Waals surface area contributed by atoms with E-state index in [0.29, 0.717) is 16.8 Å².